The van der Waals surface area contributed by atoms with Gasteiger partial charge in [-0.25, -0.2) is 0 Å². The van der Waals surface area contributed by atoms with Crippen molar-refractivity contribution in [3.63, 3.8) is 0 Å². The van der Waals surface area contributed by atoms with Crippen molar-refractivity contribution in [1.29, 1.82) is 0 Å². The summed E-state index contributed by atoms with van der Waals surface area (Å²) in [5.74, 6) is 1.94. The van der Waals surface area contributed by atoms with Crippen LogP contribution < -0.4 is 15.2 Å². The summed E-state index contributed by atoms with van der Waals surface area (Å²) in [7, 11) is 3.29. The third kappa shape index (κ3) is 3.29. The molecule has 1 rings (SSSR count). The summed E-state index contributed by atoms with van der Waals surface area (Å²) in [6.07, 6.45) is 0. The second kappa shape index (κ2) is 6.53. The van der Waals surface area contributed by atoms with Gasteiger partial charge >= 0.3 is 0 Å². The molecule has 0 fully saturated rings. The van der Waals surface area contributed by atoms with Gasteiger partial charge in [-0.05, 0) is 24.1 Å². The zero-order chi connectivity index (χ0) is 10.6. The van der Waals surface area contributed by atoms with Crippen LogP contribution in [-0.2, 0) is 0 Å². The van der Waals surface area contributed by atoms with Gasteiger partial charge < -0.3 is 15.2 Å². The summed E-state index contributed by atoms with van der Waals surface area (Å²) >= 11 is 0. The molecule has 0 saturated heterocycles. The van der Waals surface area contributed by atoms with Gasteiger partial charge in [0.25, 0.3) is 0 Å². The summed E-state index contributed by atoms with van der Waals surface area (Å²) in [6.45, 7) is 2.69. The summed E-state index contributed by atoms with van der Waals surface area (Å²) in [6, 6.07) is 5.79. The van der Waals surface area contributed by atoms with Crippen LogP contribution >= 0.6 is 12.4 Å². The molecule has 0 aliphatic carbocycles. The van der Waals surface area contributed by atoms with Gasteiger partial charge in [-0.15, -0.1) is 12.4 Å². The molecule has 0 bridgehead atoms. The number of ether oxygens (including phenoxy) is 2. The van der Waals surface area contributed by atoms with Crippen LogP contribution in [0.25, 0.3) is 0 Å². The number of rotatable bonds is 4. The zero-order valence-electron chi connectivity index (χ0n) is 9.32. The van der Waals surface area contributed by atoms with E-state index in [1.807, 2.05) is 18.2 Å². The molecule has 0 spiro atoms. The Balaban J connectivity index is 0.00000196. The fourth-order valence-corrected chi connectivity index (χ4v) is 1.35. The van der Waals surface area contributed by atoms with Crippen molar-refractivity contribution in [3.8, 4) is 11.5 Å². The Morgan fingerprint density at radius 2 is 1.93 bits per heavy atom. The van der Waals surface area contributed by atoms with E-state index in [9.17, 15) is 0 Å². The van der Waals surface area contributed by atoms with E-state index in [1.54, 1.807) is 14.2 Å². The molecule has 2 N–H and O–H groups in total. The lowest BCUT2D eigenvalue weighted by atomic mass is 10.0. The predicted molar refractivity (Wildman–Crippen MR) is 64.3 cm³/mol. The molecule has 0 radical (unpaired) electrons. The van der Waals surface area contributed by atoms with E-state index in [4.69, 9.17) is 15.2 Å². The second-order valence-electron chi connectivity index (χ2n) is 3.24. The fraction of sp³-hybridized carbons (Fsp3) is 0.455. The van der Waals surface area contributed by atoms with Crippen molar-refractivity contribution in [1.82, 2.24) is 0 Å². The Labute approximate surface area is 97.0 Å². The molecule has 1 atom stereocenters. The molecule has 86 valence electrons. The van der Waals surface area contributed by atoms with Crippen molar-refractivity contribution in [2.24, 2.45) is 5.73 Å². The van der Waals surface area contributed by atoms with E-state index in [-0.39, 0.29) is 12.4 Å². The van der Waals surface area contributed by atoms with Gasteiger partial charge in [0.05, 0.1) is 14.2 Å². The molecule has 3 nitrogen and oxygen atoms in total. The summed E-state index contributed by atoms with van der Waals surface area (Å²) in [5.41, 5.74) is 6.73. The molecule has 0 aromatic heterocycles. The monoisotopic (exact) mass is 231 g/mol. The Bertz CT molecular complexity index is 305. The van der Waals surface area contributed by atoms with E-state index in [2.05, 4.69) is 6.92 Å². The van der Waals surface area contributed by atoms with E-state index < -0.39 is 0 Å². The molecule has 15 heavy (non-hydrogen) atoms. The van der Waals surface area contributed by atoms with Gasteiger partial charge in [-0.2, -0.15) is 0 Å². The first kappa shape index (κ1) is 14.1. The molecule has 0 aliphatic heterocycles. The lowest BCUT2D eigenvalue weighted by Crippen LogP contribution is -2.10. The highest BCUT2D eigenvalue weighted by molar-refractivity contribution is 5.85. The van der Waals surface area contributed by atoms with E-state index in [0.29, 0.717) is 12.5 Å². The lowest BCUT2D eigenvalue weighted by Gasteiger charge is -2.14. The van der Waals surface area contributed by atoms with E-state index >= 15 is 0 Å². The van der Waals surface area contributed by atoms with Crippen LogP contribution in [0, 0.1) is 0 Å². The third-order valence-electron chi connectivity index (χ3n) is 2.33. The van der Waals surface area contributed by atoms with Crippen molar-refractivity contribution in [2.75, 3.05) is 20.8 Å². The first-order chi connectivity index (χ1) is 6.72. The molecule has 0 saturated carbocycles. The summed E-state index contributed by atoms with van der Waals surface area (Å²) in [5, 5.41) is 0. The zero-order valence-corrected chi connectivity index (χ0v) is 10.1. The van der Waals surface area contributed by atoms with Gasteiger partial charge in [-0.1, -0.05) is 13.0 Å². The molecule has 1 unspecified atom stereocenters. The number of halogens is 1. The molecule has 0 aliphatic rings. The minimum absolute atomic E-state index is 0. The van der Waals surface area contributed by atoms with Crippen LogP contribution in [0.2, 0.25) is 0 Å². The van der Waals surface area contributed by atoms with Crippen LogP contribution in [-0.4, -0.2) is 20.8 Å². The van der Waals surface area contributed by atoms with Crippen molar-refractivity contribution >= 4 is 12.4 Å². The van der Waals surface area contributed by atoms with Gasteiger partial charge in [0.1, 0.15) is 11.5 Å². The summed E-state index contributed by atoms with van der Waals surface area (Å²) < 4.78 is 10.4. The van der Waals surface area contributed by atoms with E-state index in [0.717, 1.165) is 17.1 Å². The smallest absolute Gasteiger partial charge is 0.126 e. The normalized spacial score (nSPS) is 11.5. The molecular weight excluding hydrogens is 214 g/mol. The maximum Gasteiger partial charge on any atom is 0.126 e. The highest BCUT2D eigenvalue weighted by atomic mass is 35.5. The largest absolute Gasteiger partial charge is 0.497 e. The molecule has 1 aromatic carbocycles. The van der Waals surface area contributed by atoms with Crippen LogP contribution in [0.15, 0.2) is 18.2 Å². The minimum Gasteiger partial charge on any atom is -0.497 e. The van der Waals surface area contributed by atoms with Crippen LogP contribution in [0.5, 0.6) is 11.5 Å². The number of methoxy groups -OCH3 is 2. The maximum absolute atomic E-state index is 5.61. The van der Waals surface area contributed by atoms with Crippen LogP contribution in [0.3, 0.4) is 0 Å². The van der Waals surface area contributed by atoms with Crippen molar-refractivity contribution in [3.05, 3.63) is 23.8 Å². The van der Waals surface area contributed by atoms with E-state index in [1.165, 1.54) is 0 Å². The number of hydrogen-bond acceptors (Lipinski definition) is 3. The molecule has 4 heteroatoms. The maximum atomic E-state index is 5.61. The quantitative estimate of drug-likeness (QED) is 0.864. The van der Waals surface area contributed by atoms with Gasteiger partial charge in [-0.3, -0.25) is 0 Å². The predicted octanol–water partition coefficient (Wildman–Crippen LogP) is 2.19. The second-order valence-corrected chi connectivity index (χ2v) is 3.24. The molecular formula is C11H18ClNO2. The third-order valence-corrected chi connectivity index (χ3v) is 2.33. The van der Waals surface area contributed by atoms with Crippen molar-refractivity contribution < 1.29 is 9.47 Å². The van der Waals surface area contributed by atoms with Gasteiger partial charge in [0.2, 0.25) is 0 Å². The average molecular weight is 232 g/mol. The Kier molecular flexibility index (Phi) is 6.13. The Morgan fingerprint density at radius 3 is 2.40 bits per heavy atom. The SMILES string of the molecule is COc1ccc(C(C)CN)c(OC)c1.Cl. The lowest BCUT2D eigenvalue weighted by molar-refractivity contribution is 0.389. The first-order valence-electron chi connectivity index (χ1n) is 4.65. The van der Waals surface area contributed by atoms with Gasteiger partial charge in [0.15, 0.2) is 0 Å². The van der Waals surface area contributed by atoms with Gasteiger partial charge in [0, 0.05) is 6.07 Å². The van der Waals surface area contributed by atoms with Crippen LogP contribution in [0.4, 0.5) is 0 Å². The standard InChI is InChI=1S/C11H17NO2.ClH/c1-8(7-12)10-5-4-9(13-2)6-11(10)14-3;/h4-6,8H,7,12H2,1-3H3;1H. The van der Waals surface area contributed by atoms with Crippen LogP contribution in [0.1, 0.15) is 18.4 Å². The topological polar surface area (TPSA) is 44.5 Å². The highest BCUT2D eigenvalue weighted by Gasteiger charge is 2.10. The highest BCUT2D eigenvalue weighted by Crippen LogP contribution is 2.29. The number of hydrogen-bond donors (Lipinski definition) is 1. The first-order valence-corrected chi connectivity index (χ1v) is 4.65. The summed E-state index contributed by atoms with van der Waals surface area (Å²) in [4.78, 5) is 0. The molecule has 0 amide bonds. The minimum atomic E-state index is 0. The molecule has 1 aromatic rings. The number of benzene rings is 1. The molecule has 0 heterocycles. The number of nitrogens with two attached hydrogens (primary N) is 1. The Morgan fingerprint density at radius 1 is 1.27 bits per heavy atom. The fourth-order valence-electron chi connectivity index (χ4n) is 1.35. The Hall–Kier alpha value is -0.930. The average Bonchev–Trinajstić information content (AvgIpc) is 2.27. The van der Waals surface area contributed by atoms with Crippen molar-refractivity contribution in [2.45, 2.75) is 12.8 Å².